The fourth-order valence-corrected chi connectivity index (χ4v) is 5.49. The van der Waals surface area contributed by atoms with Gasteiger partial charge in [-0.1, -0.05) is 39.8 Å². The van der Waals surface area contributed by atoms with Crippen LogP contribution in [0.2, 0.25) is 0 Å². The summed E-state index contributed by atoms with van der Waals surface area (Å²) in [5, 5.41) is 13.2. The first-order valence-corrected chi connectivity index (χ1v) is 11.8. The van der Waals surface area contributed by atoms with Crippen molar-refractivity contribution in [2.45, 2.75) is 64.8 Å². The molecule has 0 amide bonds. The number of piperidine rings is 2. The Morgan fingerprint density at radius 1 is 1.19 bits per heavy atom. The van der Waals surface area contributed by atoms with Crippen molar-refractivity contribution in [3.8, 4) is 5.95 Å². The van der Waals surface area contributed by atoms with Gasteiger partial charge < -0.3 is 9.84 Å². The van der Waals surface area contributed by atoms with Gasteiger partial charge in [-0.05, 0) is 61.5 Å². The Bertz CT molecular complexity index is 1100. The van der Waals surface area contributed by atoms with Crippen molar-refractivity contribution in [3.63, 3.8) is 0 Å². The van der Waals surface area contributed by atoms with Crippen LogP contribution >= 0.6 is 0 Å². The second kappa shape index (κ2) is 8.23. The van der Waals surface area contributed by atoms with Crippen LogP contribution in [0.4, 0.5) is 4.39 Å². The molecule has 1 N–H and O–H groups in total. The molecule has 2 aliphatic heterocycles. The molecule has 0 aliphatic carbocycles. The van der Waals surface area contributed by atoms with E-state index in [0.29, 0.717) is 23.4 Å². The molecule has 4 heterocycles. The van der Waals surface area contributed by atoms with Gasteiger partial charge in [-0.2, -0.15) is 14.8 Å². The first-order valence-electron chi connectivity index (χ1n) is 11.8. The molecule has 2 fully saturated rings. The Kier molecular flexibility index (Phi) is 5.53. The molecule has 0 saturated carbocycles. The standard InChI is InChI=1S/C24H33FN6O/c1-15(2)20-17-6-5-7-18(25)21(17)31(28-20)23-27-22(32-29-23)16-9-12-30(13-10-16)19-8-11-26-14-24(19,3)4/h5-7,15-16,19,26H,8-14H2,1-4H3. The molecule has 0 bridgehead atoms. The summed E-state index contributed by atoms with van der Waals surface area (Å²) in [6.45, 7) is 13.1. The van der Waals surface area contributed by atoms with Gasteiger partial charge >= 0.3 is 0 Å². The lowest BCUT2D eigenvalue weighted by molar-refractivity contribution is 0.0388. The van der Waals surface area contributed by atoms with Crippen molar-refractivity contribution < 1.29 is 8.91 Å². The minimum absolute atomic E-state index is 0.162. The summed E-state index contributed by atoms with van der Waals surface area (Å²) in [5.74, 6) is 1.01. The third kappa shape index (κ3) is 3.73. The van der Waals surface area contributed by atoms with Gasteiger partial charge in [-0.3, -0.25) is 4.90 Å². The SMILES string of the molecule is CC(C)c1nn(-c2noc(C3CCN(C4CCNCC4(C)C)CC3)n2)c2c(F)cccc12. The number of para-hydroxylation sites is 1. The summed E-state index contributed by atoms with van der Waals surface area (Å²) >= 11 is 0. The Morgan fingerprint density at radius 2 is 1.97 bits per heavy atom. The number of hydrogen-bond acceptors (Lipinski definition) is 6. The maximum absolute atomic E-state index is 14.7. The maximum atomic E-state index is 14.7. The largest absolute Gasteiger partial charge is 0.337 e. The quantitative estimate of drug-likeness (QED) is 0.654. The number of benzene rings is 1. The van der Waals surface area contributed by atoms with Gasteiger partial charge in [0, 0.05) is 23.9 Å². The van der Waals surface area contributed by atoms with Crippen LogP contribution in [0.1, 0.15) is 70.4 Å². The highest BCUT2D eigenvalue weighted by molar-refractivity contribution is 5.84. The molecule has 2 aliphatic rings. The summed E-state index contributed by atoms with van der Waals surface area (Å²) in [6, 6.07) is 5.67. The lowest BCUT2D eigenvalue weighted by Crippen LogP contribution is -2.56. The Balaban J connectivity index is 1.36. The van der Waals surface area contributed by atoms with E-state index in [9.17, 15) is 4.39 Å². The molecule has 3 aromatic rings. The minimum atomic E-state index is -0.328. The number of fused-ring (bicyclic) bond motifs is 1. The Labute approximate surface area is 188 Å². The molecule has 32 heavy (non-hydrogen) atoms. The first-order chi connectivity index (χ1) is 15.3. The first kappa shape index (κ1) is 21.5. The van der Waals surface area contributed by atoms with E-state index in [1.165, 1.54) is 17.2 Å². The zero-order valence-corrected chi connectivity index (χ0v) is 19.4. The van der Waals surface area contributed by atoms with E-state index in [1.807, 2.05) is 6.07 Å². The van der Waals surface area contributed by atoms with E-state index in [4.69, 9.17) is 4.52 Å². The number of likely N-dealkylation sites (tertiary alicyclic amines) is 1. The van der Waals surface area contributed by atoms with Gasteiger partial charge in [-0.25, -0.2) is 4.39 Å². The highest BCUT2D eigenvalue weighted by Crippen LogP contribution is 2.35. The fourth-order valence-electron chi connectivity index (χ4n) is 5.49. The van der Waals surface area contributed by atoms with E-state index in [-0.39, 0.29) is 23.1 Å². The molecule has 172 valence electrons. The van der Waals surface area contributed by atoms with E-state index in [0.717, 1.165) is 50.1 Å². The minimum Gasteiger partial charge on any atom is -0.337 e. The average Bonchev–Trinajstić information content (AvgIpc) is 3.39. The molecular weight excluding hydrogens is 407 g/mol. The van der Waals surface area contributed by atoms with Gasteiger partial charge in [0.15, 0.2) is 0 Å². The predicted octanol–water partition coefficient (Wildman–Crippen LogP) is 4.24. The van der Waals surface area contributed by atoms with E-state index < -0.39 is 0 Å². The molecule has 2 aromatic heterocycles. The number of aromatic nitrogens is 4. The van der Waals surface area contributed by atoms with Crippen molar-refractivity contribution in [1.82, 2.24) is 30.1 Å². The monoisotopic (exact) mass is 440 g/mol. The lowest BCUT2D eigenvalue weighted by atomic mass is 9.78. The molecule has 1 atom stereocenters. The third-order valence-corrected chi connectivity index (χ3v) is 7.25. The van der Waals surface area contributed by atoms with E-state index in [2.05, 4.69) is 53.2 Å². The molecule has 1 aromatic carbocycles. The summed E-state index contributed by atoms with van der Waals surface area (Å²) in [6.07, 6.45) is 3.18. The van der Waals surface area contributed by atoms with Crippen LogP contribution in [0.25, 0.3) is 16.9 Å². The van der Waals surface area contributed by atoms with Crippen LogP contribution in [0.15, 0.2) is 22.7 Å². The number of halogens is 1. The molecule has 2 saturated heterocycles. The molecular formula is C24H33FN6O. The Hall–Kier alpha value is -2.32. The van der Waals surface area contributed by atoms with E-state index >= 15 is 0 Å². The van der Waals surface area contributed by atoms with Crippen LogP contribution in [0.5, 0.6) is 0 Å². The lowest BCUT2D eigenvalue weighted by Gasteiger charge is -2.47. The van der Waals surface area contributed by atoms with Crippen molar-refractivity contribution >= 4 is 10.9 Å². The van der Waals surface area contributed by atoms with Crippen LogP contribution in [-0.2, 0) is 0 Å². The van der Waals surface area contributed by atoms with Gasteiger partial charge in [0.05, 0.1) is 5.69 Å². The molecule has 5 rings (SSSR count). The highest BCUT2D eigenvalue weighted by Gasteiger charge is 2.38. The molecule has 0 spiro atoms. The smallest absolute Gasteiger partial charge is 0.291 e. The zero-order chi connectivity index (χ0) is 22.5. The van der Waals surface area contributed by atoms with E-state index in [1.54, 1.807) is 6.07 Å². The number of rotatable bonds is 4. The fraction of sp³-hybridized carbons (Fsp3) is 0.625. The molecule has 8 heteroatoms. The van der Waals surface area contributed by atoms with Crippen LogP contribution in [0.3, 0.4) is 0 Å². The zero-order valence-electron chi connectivity index (χ0n) is 19.4. The number of hydrogen-bond donors (Lipinski definition) is 1. The third-order valence-electron chi connectivity index (χ3n) is 7.25. The van der Waals surface area contributed by atoms with Gasteiger partial charge in [-0.15, -0.1) is 0 Å². The molecule has 1 unspecified atom stereocenters. The second-order valence-corrected chi connectivity index (χ2v) is 10.3. The number of nitrogens with one attached hydrogen (secondary N) is 1. The van der Waals surface area contributed by atoms with Crippen LogP contribution in [-0.4, -0.2) is 57.0 Å². The van der Waals surface area contributed by atoms with Gasteiger partial charge in [0.1, 0.15) is 11.3 Å². The summed E-state index contributed by atoms with van der Waals surface area (Å²) < 4.78 is 21.9. The maximum Gasteiger partial charge on any atom is 0.291 e. The van der Waals surface area contributed by atoms with Crippen molar-refractivity contribution in [3.05, 3.63) is 35.6 Å². The molecule has 7 nitrogen and oxygen atoms in total. The normalized spacial score (nSPS) is 22.8. The predicted molar refractivity (Wildman–Crippen MR) is 122 cm³/mol. The summed E-state index contributed by atoms with van der Waals surface area (Å²) in [4.78, 5) is 7.30. The second-order valence-electron chi connectivity index (χ2n) is 10.3. The average molecular weight is 441 g/mol. The van der Waals surface area contributed by atoms with Crippen LogP contribution in [0, 0.1) is 11.2 Å². The van der Waals surface area contributed by atoms with Crippen LogP contribution < -0.4 is 5.32 Å². The van der Waals surface area contributed by atoms with Crippen molar-refractivity contribution in [2.75, 3.05) is 26.2 Å². The summed E-state index contributed by atoms with van der Waals surface area (Å²) in [7, 11) is 0. The van der Waals surface area contributed by atoms with Crippen molar-refractivity contribution in [1.29, 1.82) is 0 Å². The van der Waals surface area contributed by atoms with Gasteiger partial charge in [0.25, 0.3) is 5.95 Å². The topological polar surface area (TPSA) is 72.0 Å². The highest BCUT2D eigenvalue weighted by atomic mass is 19.1. The number of nitrogens with zero attached hydrogens (tertiary/aromatic N) is 5. The molecule has 0 radical (unpaired) electrons. The van der Waals surface area contributed by atoms with Gasteiger partial charge in [0.2, 0.25) is 5.89 Å². The summed E-state index contributed by atoms with van der Waals surface area (Å²) in [5.41, 5.74) is 1.53. The van der Waals surface area contributed by atoms with Crippen molar-refractivity contribution in [2.24, 2.45) is 5.41 Å². The Morgan fingerprint density at radius 3 is 2.69 bits per heavy atom.